The third-order valence-corrected chi connectivity index (χ3v) is 2.18. The van der Waals surface area contributed by atoms with Gasteiger partial charge in [-0.25, -0.2) is 0 Å². The quantitative estimate of drug-likeness (QED) is 0.583. The molecule has 2 unspecified atom stereocenters. The molecule has 4 heteroatoms. The smallest absolute Gasteiger partial charge is 0.0667 e. The van der Waals surface area contributed by atoms with Crippen molar-refractivity contribution in [2.45, 2.75) is 13.0 Å². The molecule has 11 heavy (non-hydrogen) atoms. The van der Waals surface area contributed by atoms with Gasteiger partial charge in [-0.3, -0.25) is 4.21 Å². The molecule has 0 bridgehead atoms. The zero-order valence-corrected chi connectivity index (χ0v) is 8.24. The summed E-state index contributed by atoms with van der Waals surface area (Å²) < 4.78 is 15.6. The van der Waals surface area contributed by atoms with Crippen molar-refractivity contribution in [2.24, 2.45) is 0 Å². The molecule has 0 spiro atoms. The van der Waals surface area contributed by atoms with Crippen molar-refractivity contribution in [1.82, 2.24) is 5.32 Å². The van der Waals surface area contributed by atoms with E-state index in [2.05, 4.69) is 5.32 Å². The molecular formula is C7H17NO2S. The molecule has 0 heterocycles. The molecule has 2 atom stereocenters. The van der Waals surface area contributed by atoms with Gasteiger partial charge in [0.05, 0.1) is 6.10 Å². The zero-order valence-electron chi connectivity index (χ0n) is 7.42. The van der Waals surface area contributed by atoms with E-state index < -0.39 is 10.8 Å². The van der Waals surface area contributed by atoms with Crippen molar-refractivity contribution in [3.63, 3.8) is 0 Å². The van der Waals surface area contributed by atoms with Gasteiger partial charge in [-0.05, 0) is 6.92 Å². The second-order valence-corrected chi connectivity index (χ2v) is 4.08. The van der Waals surface area contributed by atoms with Gasteiger partial charge >= 0.3 is 0 Å². The van der Waals surface area contributed by atoms with E-state index >= 15 is 0 Å². The number of nitrogens with one attached hydrogen (secondary N) is 1. The third kappa shape index (κ3) is 7.97. The molecule has 0 saturated heterocycles. The zero-order chi connectivity index (χ0) is 8.69. The van der Waals surface area contributed by atoms with Gasteiger partial charge < -0.3 is 10.1 Å². The lowest BCUT2D eigenvalue weighted by Gasteiger charge is -2.09. The van der Waals surface area contributed by atoms with E-state index in [0.717, 1.165) is 18.8 Å². The highest BCUT2D eigenvalue weighted by Gasteiger charge is 1.97. The monoisotopic (exact) mass is 179 g/mol. The number of ether oxygens (including phenoxy) is 1. The van der Waals surface area contributed by atoms with Crippen molar-refractivity contribution in [1.29, 1.82) is 0 Å². The Hall–Kier alpha value is 0.0700. The van der Waals surface area contributed by atoms with Gasteiger partial charge in [-0.2, -0.15) is 0 Å². The van der Waals surface area contributed by atoms with E-state index in [1.54, 1.807) is 13.4 Å². The number of hydrogen-bond acceptors (Lipinski definition) is 3. The molecule has 0 amide bonds. The summed E-state index contributed by atoms with van der Waals surface area (Å²) in [5.41, 5.74) is 0. The first-order valence-corrected chi connectivity index (χ1v) is 5.43. The van der Waals surface area contributed by atoms with Crippen LogP contribution in [-0.2, 0) is 15.5 Å². The van der Waals surface area contributed by atoms with E-state index in [4.69, 9.17) is 4.74 Å². The Kier molecular flexibility index (Phi) is 6.80. The average Bonchev–Trinajstić information content (AvgIpc) is 1.97. The molecule has 0 aromatic rings. The summed E-state index contributed by atoms with van der Waals surface area (Å²) in [5, 5.41) is 3.15. The van der Waals surface area contributed by atoms with Crippen molar-refractivity contribution < 1.29 is 8.95 Å². The van der Waals surface area contributed by atoms with E-state index in [-0.39, 0.29) is 6.10 Å². The molecule has 0 aliphatic rings. The van der Waals surface area contributed by atoms with E-state index in [9.17, 15) is 4.21 Å². The van der Waals surface area contributed by atoms with Crippen LogP contribution in [0.3, 0.4) is 0 Å². The third-order valence-electron chi connectivity index (χ3n) is 1.40. The Labute approximate surface area is 71.0 Å². The van der Waals surface area contributed by atoms with Crippen LogP contribution >= 0.6 is 0 Å². The van der Waals surface area contributed by atoms with Gasteiger partial charge in [0, 0.05) is 43.0 Å². The molecule has 0 fully saturated rings. The average molecular weight is 179 g/mol. The summed E-state index contributed by atoms with van der Waals surface area (Å²) in [7, 11) is 0.999. The minimum Gasteiger partial charge on any atom is -0.380 e. The predicted molar refractivity (Wildman–Crippen MR) is 48.3 cm³/mol. The molecule has 1 N–H and O–H groups in total. The first-order chi connectivity index (χ1) is 5.16. The fraction of sp³-hybridized carbons (Fsp3) is 1.00. The van der Waals surface area contributed by atoms with Crippen LogP contribution in [0.25, 0.3) is 0 Å². The molecule has 0 rings (SSSR count). The second kappa shape index (κ2) is 6.76. The summed E-state index contributed by atoms with van der Waals surface area (Å²) in [4.78, 5) is 0. The molecule has 0 aromatic heterocycles. The van der Waals surface area contributed by atoms with Gasteiger partial charge in [0.25, 0.3) is 0 Å². The number of hydrogen-bond donors (Lipinski definition) is 1. The Balaban J connectivity index is 3.08. The Bertz CT molecular complexity index is 119. The van der Waals surface area contributed by atoms with Gasteiger partial charge in [0.1, 0.15) is 0 Å². The molecule has 0 aliphatic carbocycles. The molecule has 0 radical (unpaired) electrons. The van der Waals surface area contributed by atoms with Crippen LogP contribution in [0.5, 0.6) is 0 Å². The van der Waals surface area contributed by atoms with Gasteiger partial charge in [-0.1, -0.05) is 0 Å². The van der Waals surface area contributed by atoms with Crippen LogP contribution in [-0.4, -0.2) is 42.5 Å². The van der Waals surface area contributed by atoms with E-state index in [0.29, 0.717) is 0 Å². The highest BCUT2D eigenvalue weighted by molar-refractivity contribution is 7.84. The highest BCUT2D eigenvalue weighted by atomic mass is 32.2. The summed E-state index contributed by atoms with van der Waals surface area (Å²) in [5.74, 6) is 0.719. The van der Waals surface area contributed by atoms with E-state index in [1.165, 1.54) is 0 Å². The highest BCUT2D eigenvalue weighted by Crippen LogP contribution is 1.82. The minimum absolute atomic E-state index is 0.236. The fourth-order valence-corrected chi connectivity index (χ4v) is 1.04. The van der Waals surface area contributed by atoms with Crippen LogP contribution in [0, 0.1) is 0 Å². The summed E-state index contributed by atoms with van der Waals surface area (Å²) in [6.45, 7) is 3.63. The minimum atomic E-state index is -0.686. The molecule has 68 valence electrons. The van der Waals surface area contributed by atoms with Gasteiger partial charge in [-0.15, -0.1) is 0 Å². The lowest BCUT2D eigenvalue weighted by molar-refractivity contribution is 0.118. The largest absolute Gasteiger partial charge is 0.380 e. The lowest BCUT2D eigenvalue weighted by Crippen LogP contribution is -2.29. The first-order valence-electron chi connectivity index (χ1n) is 3.70. The molecule has 0 aromatic carbocycles. The van der Waals surface area contributed by atoms with Crippen LogP contribution in [0.4, 0.5) is 0 Å². The van der Waals surface area contributed by atoms with E-state index in [1.807, 2.05) is 6.92 Å². The van der Waals surface area contributed by atoms with Crippen LogP contribution < -0.4 is 5.32 Å². The summed E-state index contributed by atoms with van der Waals surface area (Å²) >= 11 is 0. The second-order valence-electron chi connectivity index (χ2n) is 2.53. The summed E-state index contributed by atoms with van der Waals surface area (Å²) in [6.07, 6.45) is 1.95. The lowest BCUT2D eigenvalue weighted by atomic mass is 10.4. The van der Waals surface area contributed by atoms with Crippen molar-refractivity contribution in [2.75, 3.05) is 32.2 Å². The fourth-order valence-electron chi connectivity index (χ4n) is 0.605. The van der Waals surface area contributed by atoms with Gasteiger partial charge in [0.2, 0.25) is 0 Å². The molecule has 0 aliphatic heterocycles. The molecule has 0 saturated carbocycles. The van der Waals surface area contributed by atoms with Crippen LogP contribution in [0.15, 0.2) is 0 Å². The number of methoxy groups -OCH3 is 1. The standard InChI is InChI=1S/C7H17NO2S/c1-7(10-2)6-8-4-5-11(3)9/h7-8H,4-6H2,1-3H3. The topological polar surface area (TPSA) is 38.3 Å². The van der Waals surface area contributed by atoms with Crippen molar-refractivity contribution in [3.8, 4) is 0 Å². The molecule has 3 nitrogen and oxygen atoms in total. The maximum Gasteiger partial charge on any atom is 0.0667 e. The maximum absolute atomic E-state index is 10.6. The maximum atomic E-state index is 10.6. The van der Waals surface area contributed by atoms with Crippen LogP contribution in [0.1, 0.15) is 6.92 Å². The van der Waals surface area contributed by atoms with Crippen LogP contribution in [0.2, 0.25) is 0 Å². The Morgan fingerprint density at radius 3 is 2.73 bits per heavy atom. The number of rotatable bonds is 6. The molecular weight excluding hydrogens is 162 g/mol. The van der Waals surface area contributed by atoms with Gasteiger partial charge in [0.15, 0.2) is 0 Å². The normalized spacial score (nSPS) is 16.3. The van der Waals surface area contributed by atoms with Crippen molar-refractivity contribution in [3.05, 3.63) is 0 Å². The SMILES string of the molecule is COC(C)CNCCS(C)=O. The first kappa shape index (κ1) is 11.1. The summed E-state index contributed by atoms with van der Waals surface area (Å²) in [6, 6.07) is 0. The Morgan fingerprint density at radius 1 is 1.64 bits per heavy atom. The Morgan fingerprint density at radius 2 is 2.27 bits per heavy atom. The van der Waals surface area contributed by atoms with Crippen molar-refractivity contribution >= 4 is 10.8 Å². The predicted octanol–water partition coefficient (Wildman–Crippen LogP) is -0.0106.